The Kier molecular flexibility index (Phi) is 9.00. The van der Waals surface area contributed by atoms with Crippen molar-refractivity contribution in [3.05, 3.63) is 99.2 Å². The van der Waals surface area contributed by atoms with Gasteiger partial charge in [0, 0.05) is 20.6 Å². The molecule has 0 bridgehead atoms. The highest BCUT2D eigenvalue weighted by Crippen LogP contribution is 2.40. The summed E-state index contributed by atoms with van der Waals surface area (Å²) in [6.45, 7) is 1.55. The molecule has 1 heterocycles. The van der Waals surface area contributed by atoms with Gasteiger partial charge in [-0.15, -0.1) is 0 Å². The molecule has 2 atom stereocenters. The molecular weight excluding hydrogens is 639 g/mol. The van der Waals surface area contributed by atoms with Gasteiger partial charge in [0.15, 0.2) is 0 Å². The van der Waals surface area contributed by atoms with E-state index >= 15 is 0 Å². The minimum absolute atomic E-state index is 0.0664. The van der Waals surface area contributed by atoms with Crippen LogP contribution in [-0.2, 0) is 16.1 Å². The SMILES string of the molecule is CNC(C)C(=O)NC1CN(C(=O)c2ccc(F)cc2)c2cc(Cl)ccc2N(Cc2c(OC)ccc3c(Br)cccc23)C1=O. The zero-order valence-corrected chi connectivity index (χ0v) is 26.0. The Balaban J connectivity index is 1.69. The summed E-state index contributed by atoms with van der Waals surface area (Å²) in [7, 11) is 3.20. The van der Waals surface area contributed by atoms with Crippen molar-refractivity contribution in [3.8, 4) is 5.75 Å². The molecule has 0 saturated carbocycles. The molecule has 0 radical (unpaired) electrons. The first-order valence-electron chi connectivity index (χ1n) is 13.5. The average molecular weight is 668 g/mol. The number of benzene rings is 4. The lowest BCUT2D eigenvalue weighted by atomic mass is 10.0. The van der Waals surface area contributed by atoms with Gasteiger partial charge in [0.1, 0.15) is 17.6 Å². The van der Waals surface area contributed by atoms with Crippen LogP contribution >= 0.6 is 27.5 Å². The Bertz CT molecular complexity index is 1720. The van der Waals surface area contributed by atoms with Crippen molar-refractivity contribution < 1.29 is 23.5 Å². The Hall–Kier alpha value is -3.99. The van der Waals surface area contributed by atoms with Crippen LogP contribution in [0.1, 0.15) is 22.8 Å². The number of nitrogens with zero attached hydrogens (tertiary/aromatic N) is 2. The largest absolute Gasteiger partial charge is 0.496 e. The van der Waals surface area contributed by atoms with E-state index in [1.165, 1.54) is 34.1 Å². The maximum Gasteiger partial charge on any atom is 0.258 e. The first-order valence-corrected chi connectivity index (χ1v) is 14.7. The summed E-state index contributed by atoms with van der Waals surface area (Å²) >= 11 is 10.1. The number of nitrogens with one attached hydrogen (secondary N) is 2. The maximum absolute atomic E-state index is 14.4. The zero-order valence-electron chi connectivity index (χ0n) is 23.7. The van der Waals surface area contributed by atoms with Crippen LogP contribution < -0.4 is 25.2 Å². The number of ether oxygens (including phenoxy) is 1. The van der Waals surface area contributed by atoms with Crippen molar-refractivity contribution in [3.63, 3.8) is 0 Å². The minimum atomic E-state index is -1.12. The van der Waals surface area contributed by atoms with Crippen molar-refractivity contribution in [2.45, 2.75) is 25.6 Å². The molecule has 0 aromatic heterocycles. The van der Waals surface area contributed by atoms with Gasteiger partial charge in [0.05, 0.1) is 37.6 Å². The first kappa shape index (κ1) is 30.5. The van der Waals surface area contributed by atoms with E-state index in [0.717, 1.165) is 20.8 Å². The zero-order chi connectivity index (χ0) is 30.8. The van der Waals surface area contributed by atoms with Crippen LogP contribution in [0.25, 0.3) is 10.8 Å². The number of rotatable bonds is 7. The van der Waals surface area contributed by atoms with Crippen molar-refractivity contribution in [1.29, 1.82) is 0 Å². The lowest BCUT2D eigenvalue weighted by Crippen LogP contribution is -2.55. The van der Waals surface area contributed by atoms with Crippen molar-refractivity contribution >= 4 is 67.4 Å². The molecule has 1 aliphatic rings. The van der Waals surface area contributed by atoms with Crippen molar-refractivity contribution in [1.82, 2.24) is 10.6 Å². The van der Waals surface area contributed by atoms with Crippen LogP contribution in [-0.4, -0.2) is 50.5 Å². The van der Waals surface area contributed by atoms with E-state index in [1.54, 1.807) is 39.3 Å². The van der Waals surface area contributed by atoms with E-state index in [9.17, 15) is 18.8 Å². The summed E-state index contributed by atoms with van der Waals surface area (Å²) < 4.78 is 20.3. The topological polar surface area (TPSA) is 91.0 Å². The number of carbonyl (C=O) groups is 3. The summed E-state index contributed by atoms with van der Waals surface area (Å²) in [5.74, 6) is -1.24. The van der Waals surface area contributed by atoms with Gasteiger partial charge in [0.25, 0.3) is 11.8 Å². The van der Waals surface area contributed by atoms with Gasteiger partial charge in [-0.05, 0) is 85.4 Å². The van der Waals surface area contributed by atoms with Crippen LogP contribution in [0.15, 0.2) is 77.3 Å². The second kappa shape index (κ2) is 12.7. The van der Waals surface area contributed by atoms with Gasteiger partial charge in [-0.25, -0.2) is 4.39 Å². The number of hydrogen-bond acceptors (Lipinski definition) is 5. The van der Waals surface area contributed by atoms with Crippen molar-refractivity contribution in [2.24, 2.45) is 0 Å². The lowest BCUT2D eigenvalue weighted by Gasteiger charge is -2.27. The third kappa shape index (κ3) is 6.08. The molecule has 8 nitrogen and oxygen atoms in total. The van der Waals surface area contributed by atoms with E-state index in [-0.39, 0.29) is 18.7 Å². The maximum atomic E-state index is 14.4. The summed E-state index contributed by atoms with van der Waals surface area (Å²) in [5.41, 5.74) is 1.73. The molecule has 0 aliphatic carbocycles. The van der Waals surface area contributed by atoms with Crippen LogP contribution in [0.5, 0.6) is 5.75 Å². The summed E-state index contributed by atoms with van der Waals surface area (Å²) in [5, 5.41) is 7.84. The summed E-state index contributed by atoms with van der Waals surface area (Å²) in [6, 6.07) is 17.9. The molecule has 4 aromatic rings. The number of anilines is 2. The van der Waals surface area contributed by atoms with Crippen LogP contribution in [0, 0.1) is 5.82 Å². The number of methoxy groups -OCH3 is 1. The third-order valence-corrected chi connectivity index (χ3v) is 8.47. The van der Waals surface area contributed by atoms with Crippen LogP contribution in [0.2, 0.25) is 5.02 Å². The molecule has 2 unspecified atom stereocenters. The average Bonchev–Trinajstić information content (AvgIpc) is 3.11. The molecule has 2 N–H and O–H groups in total. The highest BCUT2D eigenvalue weighted by molar-refractivity contribution is 9.10. The fourth-order valence-corrected chi connectivity index (χ4v) is 5.78. The molecule has 0 saturated heterocycles. The molecule has 11 heteroatoms. The Morgan fingerprint density at radius 2 is 1.81 bits per heavy atom. The molecular formula is C32H29BrClFN4O4. The molecule has 222 valence electrons. The molecule has 43 heavy (non-hydrogen) atoms. The quantitative estimate of drug-likeness (QED) is 0.265. The monoisotopic (exact) mass is 666 g/mol. The number of halogens is 3. The number of fused-ring (bicyclic) bond motifs is 2. The number of amides is 3. The molecule has 0 fully saturated rings. The standard InChI is InChI=1S/C32H29BrClFN4O4/c1-18(36-2)30(40)37-26-17-39(31(41)19-7-10-21(35)11-8-19)28-15-20(34)9-13-27(28)38(32(26)42)16-24-22-5-4-6-25(33)23(22)12-14-29(24)43-3/h4-15,18,26,36H,16-17H2,1-3H3,(H,37,40). The smallest absolute Gasteiger partial charge is 0.258 e. The molecule has 3 amide bonds. The fraction of sp³-hybridized carbons (Fsp3) is 0.219. The van der Waals surface area contributed by atoms with Crippen LogP contribution in [0.4, 0.5) is 15.8 Å². The highest BCUT2D eigenvalue weighted by atomic mass is 79.9. The second-order valence-electron chi connectivity index (χ2n) is 10.1. The number of hydrogen-bond donors (Lipinski definition) is 2. The minimum Gasteiger partial charge on any atom is -0.496 e. The van der Waals surface area contributed by atoms with E-state index in [4.69, 9.17) is 16.3 Å². The van der Waals surface area contributed by atoms with Gasteiger partial charge in [-0.3, -0.25) is 14.4 Å². The van der Waals surface area contributed by atoms with E-state index in [0.29, 0.717) is 22.1 Å². The molecule has 4 aromatic carbocycles. The first-order chi connectivity index (χ1) is 20.6. The second-order valence-corrected chi connectivity index (χ2v) is 11.4. The van der Waals surface area contributed by atoms with Crippen LogP contribution in [0.3, 0.4) is 0 Å². The Labute approximate surface area is 261 Å². The highest BCUT2D eigenvalue weighted by Gasteiger charge is 2.38. The van der Waals surface area contributed by atoms with Gasteiger partial charge in [0.2, 0.25) is 5.91 Å². The van der Waals surface area contributed by atoms with Gasteiger partial charge in [-0.2, -0.15) is 0 Å². The van der Waals surface area contributed by atoms with Gasteiger partial charge < -0.3 is 25.2 Å². The van der Waals surface area contributed by atoms with Gasteiger partial charge in [-0.1, -0.05) is 39.7 Å². The van der Waals surface area contributed by atoms with Crippen molar-refractivity contribution in [2.75, 3.05) is 30.5 Å². The number of carbonyl (C=O) groups excluding carboxylic acids is 3. The predicted molar refractivity (Wildman–Crippen MR) is 169 cm³/mol. The Morgan fingerprint density at radius 1 is 1.07 bits per heavy atom. The van der Waals surface area contributed by atoms with E-state index in [2.05, 4.69) is 26.6 Å². The Morgan fingerprint density at radius 3 is 2.51 bits per heavy atom. The fourth-order valence-electron chi connectivity index (χ4n) is 5.12. The predicted octanol–water partition coefficient (Wildman–Crippen LogP) is 5.69. The molecule has 0 spiro atoms. The number of likely N-dealkylation sites (N-methyl/N-ethyl adjacent to an activating group) is 1. The van der Waals surface area contributed by atoms with Gasteiger partial charge >= 0.3 is 0 Å². The normalized spacial score (nSPS) is 15.6. The molecule has 1 aliphatic heterocycles. The summed E-state index contributed by atoms with van der Waals surface area (Å²) in [4.78, 5) is 44.3. The third-order valence-electron chi connectivity index (χ3n) is 7.54. The van der Waals surface area contributed by atoms with E-state index in [1.807, 2.05) is 30.3 Å². The summed E-state index contributed by atoms with van der Waals surface area (Å²) in [6.07, 6.45) is 0. The molecule has 5 rings (SSSR count). The van der Waals surface area contributed by atoms with E-state index < -0.39 is 35.6 Å². The lowest BCUT2D eigenvalue weighted by molar-refractivity contribution is -0.128.